The highest BCUT2D eigenvalue weighted by molar-refractivity contribution is 6.07. The van der Waals surface area contributed by atoms with Crippen molar-refractivity contribution in [2.45, 2.75) is 56.7 Å². The van der Waals surface area contributed by atoms with Gasteiger partial charge in [-0.1, -0.05) is 42.5 Å². The summed E-state index contributed by atoms with van der Waals surface area (Å²) in [7, 11) is 4.02. The van der Waals surface area contributed by atoms with Gasteiger partial charge in [-0.3, -0.25) is 9.48 Å². The summed E-state index contributed by atoms with van der Waals surface area (Å²) in [5.41, 5.74) is 3.70. The molecule has 0 bridgehead atoms. The molecule has 3 heterocycles. The fraction of sp³-hybridized carbons (Fsp3) is 0.484. The molecule has 0 unspecified atom stereocenters. The molecule has 9 heteroatoms. The number of benzene rings is 2. The van der Waals surface area contributed by atoms with Crippen molar-refractivity contribution in [3.63, 3.8) is 0 Å². The molecule has 3 aliphatic rings. The first kappa shape index (κ1) is 26.3. The van der Waals surface area contributed by atoms with Gasteiger partial charge >= 0.3 is 0 Å². The van der Waals surface area contributed by atoms with Crippen molar-refractivity contribution < 1.29 is 9.90 Å². The number of rotatable bonds is 6. The lowest BCUT2D eigenvalue weighted by Crippen LogP contribution is -2.60. The van der Waals surface area contributed by atoms with E-state index in [4.69, 9.17) is 0 Å². The number of hydrogen-bond donors (Lipinski definition) is 2. The summed E-state index contributed by atoms with van der Waals surface area (Å²) in [6.45, 7) is 3.22. The molecule has 1 saturated heterocycles. The van der Waals surface area contributed by atoms with E-state index < -0.39 is 5.41 Å². The molecule has 1 amide bonds. The van der Waals surface area contributed by atoms with Crippen LogP contribution in [0.1, 0.15) is 38.2 Å². The Morgan fingerprint density at radius 2 is 1.95 bits per heavy atom. The molecule has 2 aliphatic heterocycles. The van der Waals surface area contributed by atoms with Crippen molar-refractivity contribution in [2.75, 3.05) is 30.9 Å². The minimum atomic E-state index is -0.918. The van der Waals surface area contributed by atoms with Crippen molar-refractivity contribution in [1.82, 2.24) is 19.9 Å². The molecule has 2 fully saturated rings. The summed E-state index contributed by atoms with van der Waals surface area (Å²) in [4.78, 5) is 17.9. The number of para-hydroxylation sites is 1. The van der Waals surface area contributed by atoms with Crippen molar-refractivity contribution in [3.05, 3.63) is 60.3 Å². The van der Waals surface area contributed by atoms with Gasteiger partial charge in [0.25, 0.3) is 0 Å². The number of amides is 1. The topological polar surface area (TPSA) is 110 Å². The summed E-state index contributed by atoms with van der Waals surface area (Å²) < 4.78 is 1.81. The molecule has 3 aromatic rings. The van der Waals surface area contributed by atoms with Gasteiger partial charge in [0.2, 0.25) is 5.91 Å². The standard InChI is InChI=1S/C31H37N7O2/c1-20-24-16-29(37(19-32)17-22(24)10-13-28(20)39)31(25-6-4-5-7-26(25)33-30(31)40)14-15-38-18-27(34-35-38)21-8-11-23(12-9-21)36(2)3/h4-9,11-12,18,20,22,24,28-29,39H,10,13-17H2,1-3H3,(H,33,40)/t20-,22+,24-,28+,29+,31+/m1/s1. The second-order valence-corrected chi connectivity index (χ2v) is 12.0. The number of aromatic nitrogens is 3. The van der Waals surface area contributed by atoms with Gasteiger partial charge in [0.1, 0.15) is 5.69 Å². The van der Waals surface area contributed by atoms with Crippen LogP contribution in [0.15, 0.2) is 54.7 Å². The van der Waals surface area contributed by atoms with E-state index in [0.717, 1.165) is 41.0 Å². The van der Waals surface area contributed by atoms with Crippen LogP contribution < -0.4 is 10.2 Å². The van der Waals surface area contributed by atoms with Crippen LogP contribution in [0.5, 0.6) is 0 Å². The van der Waals surface area contributed by atoms with Crippen LogP contribution in [-0.2, 0) is 16.8 Å². The van der Waals surface area contributed by atoms with Gasteiger partial charge in [0, 0.05) is 44.1 Å². The highest BCUT2D eigenvalue weighted by Gasteiger charge is 2.57. The maximum Gasteiger partial charge on any atom is 0.237 e. The van der Waals surface area contributed by atoms with Crippen LogP contribution in [0.3, 0.4) is 0 Å². The molecule has 0 spiro atoms. The summed E-state index contributed by atoms with van der Waals surface area (Å²) in [5.74, 6) is 0.679. The van der Waals surface area contributed by atoms with E-state index in [1.807, 2.05) is 61.6 Å². The van der Waals surface area contributed by atoms with Gasteiger partial charge in [-0.2, -0.15) is 5.26 Å². The zero-order valence-corrected chi connectivity index (χ0v) is 23.4. The Bertz CT molecular complexity index is 1430. The maximum atomic E-state index is 14.0. The molecule has 1 saturated carbocycles. The number of aryl methyl sites for hydroxylation is 1. The highest BCUT2D eigenvalue weighted by atomic mass is 16.3. The first-order chi connectivity index (χ1) is 19.3. The number of likely N-dealkylation sites (tertiary alicyclic amines) is 1. The Morgan fingerprint density at radius 3 is 2.70 bits per heavy atom. The van der Waals surface area contributed by atoms with Crippen molar-refractivity contribution in [3.8, 4) is 17.5 Å². The molecule has 0 radical (unpaired) electrons. The van der Waals surface area contributed by atoms with Crippen LogP contribution in [0.2, 0.25) is 0 Å². The van der Waals surface area contributed by atoms with E-state index in [-0.39, 0.29) is 29.9 Å². The lowest BCUT2D eigenvalue weighted by Gasteiger charge is -2.52. The summed E-state index contributed by atoms with van der Waals surface area (Å²) in [6.07, 6.45) is 6.90. The second kappa shape index (κ2) is 10.3. The van der Waals surface area contributed by atoms with E-state index in [1.54, 1.807) is 4.68 Å². The number of carbonyl (C=O) groups is 1. The average Bonchev–Trinajstić information content (AvgIpc) is 3.56. The van der Waals surface area contributed by atoms with Crippen LogP contribution in [0.4, 0.5) is 11.4 Å². The average molecular weight is 540 g/mol. The van der Waals surface area contributed by atoms with Gasteiger partial charge < -0.3 is 20.2 Å². The normalized spacial score (nSPS) is 29.3. The third-order valence-corrected chi connectivity index (χ3v) is 9.74. The number of aliphatic hydroxyl groups excluding tert-OH is 1. The van der Waals surface area contributed by atoms with Crippen LogP contribution in [0, 0.1) is 29.2 Å². The monoisotopic (exact) mass is 539 g/mol. The third-order valence-electron chi connectivity index (χ3n) is 9.74. The minimum Gasteiger partial charge on any atom is -0.393 e. The number of hydrogen-bond acceptors (Lipinski definition) is 7. The van der Waals surface area contributed by atoms with Crippen LogP contribution >= 0.6 is 0 Å². The van der Waals surface area contributed by atoms with Gasteiger partial charge in [-0.05, 0) is 67.2 Å². The largest absolute Gasteiger partial charge is 0.393 e. The van der Waals surface area contributed by atoms with Gasteiger partial charge in [-0.25, -0.2) is 0 Å². The number of nitrogens with one attached hydrogen (secondary N) is 1. The Hall–Kier alpha value is -3.90. The number of nitriles is 1. The predicted molar refractivity (Wildman–Crippen MR) is 153 cm³/mol. The third kappa shape index (κ3) is 4.31. The molecular formula is C31H37N7O2. The molecule has 1 aromatic heterocycles. The molecule has 2 N–H and O–H groups in total. The molecule has 208 valence electrons. The summed E-state index contributed by atoms with van der Waals surface area (Å²) in [6, 6.07) is 15.7. The Kier molecular flexibility index (Phi) is 6.75. The Morgan fingerprint density at radius 1 is 1.18 bits per heavy atom. The SMILES string of the molecule is C[C@@H]1[C@H]2C[C@@H]([C@@]3(CCn4cc(-c5ccc(N(C)C)cc5)nn4)C(=O)Nc4ccccc43)N(C#N)C[C@@H]2CC[C@@H]1O. The van der Waals surface area contributed by atoms with E-state index in [2.05, 4.69) is 45.8 Å². The van der Waals surface area contributed by atoms with Crippen LogP contribution in [-0.4, -0.2) is 63.7 Å². The summed E-state index contributed by atoms with van der Waals surface area (Å²) in [5, 5.41) is 32.9. The van der Waals surface area contributed by atoms with Crippen LogP contribution in [0.25, 0.3) is 11.3 Å². The molecule has 1 aliphatic carbocycles. The predicted octanol–water partition coefficient (Wildman–Crippen LogP) is 3.87. The number of piperidine rings is 1. The Balaban J connectivity index is 1.32. The number of carbonyl (C=O) groups excluding carboxylic acids is 1. The quantitative estimate of drug-likeness (QED) is 0.458. The van der Waals surface area contributed by atoms with Gasteiger partial charge in [0.15, 0.2) is 6.19 Å². The van der Waals surface area contributed by atoms with E-state index in [1.165, 1.54) is 0 Å². The first-order valence-corrected chi connectivity index (χ1v) is 14.2. The smallest absolute Gasteiger partial charge is 0.237 e. The summed E-state index contributed by atoms with van der Waals surface area (Å²) >= 11 is 0. The maximum absolute atomic E-state index is 14.0. The number of aliphatic hydroxyl groups is 1. The lowest BCUT2D eigenvalue weighted by atomic mass is 9.61. The highest BCUT2D eigenvalue weighted by Crippen LogP contribution is 2.51. The molecule has 9 nitrogen and oxygen atoms in total. The fourth-order valence-electron chi connectivity index (χ4n) is 7.40. The zero-order chi connectivity index (χ0) is 28.0. The van der Waals surface area contributed by atoms with Gasteiger partial charge in [0.05, 0.1) is 23.8 Å². The van der Waals surface area contributed by atoms with E-state index >= 15 is 0 Å². The Labute approximate surface area is 235 Å². The van der Waals surface area contributed by atoms with Crippen molar-refractivity contribution >= 4 is 17.3 Å². The number of nitrogens with zero attached hydrogens (tertiary/aromatic N) is 6. The van der Waals surface area contributed by atoms with E-state index in [0.29, 0.717) is 31.8 Å². The molecule has 6 rings (SSSR count). The number of anilines is 2. The second-order valence-electron chi connectivity index (χ2n) is 12.0. The van der Waals surface area contributed by atoms with Crippen molar-refractivity contribution in [2.24, 2.45) is 17.8 Å². The first-order valence-electron chi connectivity index (χ1n) is 14.2. The molecule has 6 atom stereocenters. The van der Waals surface area contributed by atoms with Crippen molar-refractivity contribution in [1.29, 1.82) is 5.26 Å². The van der Waals surface area contributed by atoms with E-state index in [9.17, 15) is 15.2 Å². The zero-order valence-electron chi connectivity index (χ0n) is 23.4. The minimum absolute atomic E-state index is 0.0685. The molecule has 2 aromatic carbocycles. The number of fused-ring (bicyclic) bond motifs is 2. The fourth-order valence-corrected chi connectivity index (χ4v) is 7.40. The lowest BCUT2D eigenvalue weighted by molar-refractivity contribution is -0.126. The molecular weight excluding hydrogens is 502 g/mol. The molecule has 40 heavy (non-hydrogen) atoms. The van der Waals surface area contributed by atoms with Gasteiger partial charge in [-0.15, -0.1) is 5.10 Å².